The van der Waals surface area contributed by atoms with E-state index in [-0.39, 0.29) is 10.7 Å². The van der Waals surface area contributed by atoms with Crippen molar-refractivity contribution in [2.45, 2.75) is 36.1 Å². The lowest BCUT2D eigenvalue weighted by Crippen LogP contribution is -2.35. The average Bonchev–Trinajstić information content (AvgIpc) is 3.07. The van der Waals surface area contributed by atoms with Crippen molar-refractivity contribution in [2.75, 3.05) is 18.8 Å². The van der Waals surface area contributed by atoms with Gasteiger partial charge < -0.3 is 0 Å². The minimum absolute atomic E-state index is 0.0647. The molecule has 5 nitrogen and oxygen atoms in total. The average molecular weight is 397 g/mol. The molecule has 0 bridgehead atoms. The van der Waals surface area contributed by atoms with Gasteiger partial charge >= 0.3 is 0 Å². The highest BCUT2D eigenvalue weighted by Crippen LogP contribution is 2.24. The van der Waals surface area contributed by atoms with Gasteiger partial charge in [-0.3, -0.25) is 4.79 Å². The molecule has 0 radical (unpaired) electrons. The van der Waals surface area contributed by atoms with Crippen LogP contribution in [0.3, 0.4) is 0 Å². The fraction of sp³-hybridized carbons (Fsp3) is 0.412. The van der Waals surface area contributed by atoms with E-state index < -0.39 is 10.0 Å². The number of piperidine rings is 1. The van der Waals surface area contributed by atoms with Crippen molar-refractivity contribution in [1.82, 2.24) is 9.29 Å². The van der Waals surface area contributed by atoms with E-state index >= 15 is 0 Å². The summed E-state index contributed by atoms with van der Waals surface area (Å²) in [7, 11) is -3.45. The van der Waals surface area contributed by atoms with Crippen molar-refractivity contribution in [2.24, 2.45) is 0 Å². The Kier molecular flexibility index (Phi) is 5.93. The van der Waals surface area contributed by atoms with Crippen molar-refractivity contribution >= 4 is 38.9 Å². The predicted octanol–water partition coefficient (Wildman–Crippen LogP) is 3.60. The maximum atomic E-state index is 12.6. The van der Waals surface area contributed by atoms with E-state index in [0.717, 1.165) is 29.0 Å². The number of sulfonamides is 1. The fourth-order valence-corrected chi connectivity index (χ4v) is 5.74. The van der Waals surface area contributed by atoms with Gasteiger partial charge in [-0.25, -0.2) is 13.4 Å². The predicted molar refractivity (Wildman–Crippen MR) is 101 cm³/mol. The third kappa shape index (κ3) is 4.49. The SMILES string of the molecule is Cc1ccc(C(=O)CSc2ccc(S(=O)(=O)N3CCCCC3)cn2)s1. The van der Waals surface area contributed by atoms with Crippen LogP contribution in [0.1, 0.15) is 33.8 Å². The van der Waals surface area contributed by atoms with Crippen LogP contribution < -0.4 is 0 Å². The maximum absolute atomic E-state index is 12.6. The molecule has 0 unspecified atom stereocenters. The van der Waals surface area contributed by atoms with Gasteiger partial charge in [-0.2, -0.15) is 4.31 Å². The van der Waals surface area contributed by atoms with Crippen LogP contribution in [0.2, 0.25) is 0 Å². The molecule has 0 atom stereocenters. The lowest BCUT2D eigenvalue weighted by atomic mass is 10.2. The van der Waals surface area contributed by atoms with E-state index in [4.69, 9.17) is 0 Å². The first-order chi connectivity index (χ1) is 12.0. The highest BCUT2D eigenvalue weighted by Gasteiger charge is 2.26. The molecule has 25 heavy (non-hydrogen) atoms. The van der Waals surface area contributed by atoms with Crippen molar-refractivity contribution in [3.8, 4) is 0 Å². The number of aryl methyl sites for hydroxylation is 1. The van der Waals surface area contributed by atoms with Crippen molar-refractivity contribution in [3.05, 3.63) is 40.2 Å². The van der Waals surface area contributed by atoms with Crippen LogP contribution >= 0.6 is 23.1 Å². The maximum Gasteiger partial charge on any atom is 0.244 e. The number of carbonyl (C=O) groups is 1. The van der Waals surface area contributed by atoms with E-state index in [1.54, 1.807) is 12.1 Å². The third-order valence-corrected chi connectivity index (χ3v) is 7.90. The van der Waals surface area contributed by atoms with Crippen LogP contribution in [0.5, 0.6) is 0 Å². The molecular weight excluding hydrogens is 376 g/mol. The molecule has 0 saturated carbocycles. The molecule has 0 spiro atoms. The summed E-state index contributed by atoms with van der Waals surface area (Å²) >= 11 is 2.81. The molecule has 8 heteroatoms. The summed E-state index contributed by atoms with van der Waals surface area (Å²) in [4.78, 5) is 18.4. The van der Waals surface area contributed by atoms with Gasteiger partial charge in [-0.05, 0) is 44.0 Å². The number of aromatic nitrogens is 1. The van der Waals surface area contributed by atoms with Gasteiger partial charge in [-0.1, -0.05) is 18.2 Å². The van der Waals surface area contributed by atoms with Crippen molar-refractivity contribution in [3.63, 3.8) is 0 Å². The second-order valence-corrected chi connectivity index (χ2v) is 10.1. The number of ketones is 1. The Morgan fingerprint density at radius 3 is 2.56 bits per heavy atom. The minimum Gasteiger partial charge on any atom is -0.292 e. The first-order valence-electron chi connectivity index (χ1n) is 8.15. The lowest BCUT2D eigenvalue weighted by molar-refractivity contribution is 0.102. The van der Waals surface area contributed by atoms with Crippen LogP contribution in [-0.4, -0.2) is 42.3 Å². The molecule has 3 rings (SSSR count). The molecule has 0 aromatic carbocycles. The summed E-state index contributed by atoms with van der Waals surface area (Å²) in [5.41, 5.74) is 0. The number of nitrogens with zero attached hydrogens (tertiary/aromatic N) is 2. The van der Waals surface area contributed by atoms with E-state index in [1.165, 1.54) is 33.6 Å². The first kappa shape index (κ1) is 18.6. The standard InChI is InChI=1S/C17H20N2O3S3/c1-13-5-7-16(24-13)15(20)12-23-17-8-6-14(11-18-17)25(21,22)19-9-3-2-4-10-19/h5-8,11H,2-4,9-10,12H2,1H3. The second-order valence-electron chi connectivity index (χ2n) is 5.92. The van der Waals surface area contributed by atoms with Crippen LogP contribution in [0.25, 0.3) is 0 Å². The molecule has 2 aromatic heterocycles. The van der Waals surface area contributed by atoms with Crippen LogP contribution in [-0.2, 0) is 10.0 Å². The van der Waals surface area contributed by atoms with Gasteiger partial charge in [0.15, 0.2) is 5.78 Å². The number of pyridine rings is 1. The van der Waals surface area contributed by atoms with E-state index in [2.05, 4.69) is 4.98 Å². The molecule has 1 aliphatic rings. The Balaban J connectivity index is 1.63. The van der Waals surface area contributed by atoms with Gasteiger partial charge in [0.05, 0.1) is 15.7 Å². The van der Waals surface area contributed by atoms with E-state index in [9.17, 15) is 13.2 Å². The monoisotopic (exact) mass is 396 g/mol. The van der Waals surface area contributed by atoms with Gasteiger partial charge in [-0.15, -0.1) is 11.3 Å². The second kappa shape index (κ2) is 7.99. The number of thiophene rings is 1. The van der Waals surface area contributed by atoms with Crippen LogP contribution in [0.15, 0.2) is 40.4 Å². The first-order valence-corrected chi connectivity index (χ1v) is 11.4. The quantitative estimate of drug-likeness (QED) is 0.551. The zero-order valence-electron chi connectivity index (χ0n) is 14.0. The van der Waals surface area contributed by atoms with E-state index in [1.807, 2.05) is 19.1 Å². The zero-order chi connectivity index (χ0) is 17.9. The van der Waals surface area contributed by atoms with Crippen LogP contribution in [0, 0.1) is 6.92 Å². The third-order valence-electron chi connectivity index (χ3n) is 4.03. The molecule has 1 saturated heterocycles. The molecular formula is C17H20N2O3S3. The Bertz CT molecular complexity index is 838. The number of hydrogen-bond donors (Lipinski definition) is 0. The summed E-state index contributed by atoms with van der Waals surface area (Å²) in [5.74, 6) is 0.362. The molecule has 0 amide bonds. The topological polar surface area (TPSA) is 67.3 Å². The zero-order valence-corrected chi connectivity index (χ0v) is 16.4. The normalized spacial score (nSPS) is 16.0. The number of thioether (sulfide) groups is 1. The van der Waals surface area contributed by atoms with E-state index in [0.29, 0.717) is 23.9 Å². The summed E-state index contributed by atoms with van der Waals surface area (Å²) in [6.07, 6.45) is 4.29. The largest absolute Gasteiger partial charge is 0.292 e. The Morgan fingerprint density at radius 1 is 1.20 bits per heavy atom. The van der Waals surface area contributed by atoms with Gasteiger partial charge in [0, 0.05) is 24.2 Å². The Labute approximate surface area is 156 Å². The molecule has 0 aliphatic carbocycles. The molecule has 0 N–H and O–H groups in total. The number of carbonyl (C=O) groups excluding carboxylic acids is 1. The fourth-order valence-electron chi connectivity index (χ4n) is 2.65. The summed E-state index contributed by atoms with van der Waals surface area (Å²) in [6, 6.07) is 7.03. The molecule has 1 fully saturated rings. The lowest BCUT2D eigenvalue weighted by Gasteiger charge is -2.25. The van der Waals surface area contributed by atoms with Gasteiger partial charge in [0.2, 0.25) is 10.0 Å². The number of Topliss-reactive ketones (excluding diaryl/α,β-unsaturated/α-hetero) is 1. The smallest absolute Gasteiger partial charge is 0.244 e. The molecule has 134 valence electrons. The minimum atomic E-state index is -3.45. The Hall–Kier alpha value is -1.22. The highest BCUT2D eigenvalue weighted by atomic mass is 32.2. The van der Waals surface area contributed by atoms with Crippen LogP contribution in [0.4, 0.5) is 0 Å². The number of rotatable bonds is 6. The summed E-state index contributed by atoms with van der Waals surface area (Å²) in [6.45, 7) is 3.12. The van der Waals surface area contributed by atoms with Gasteiger partial charge in [0.1, 0.15) is 4.90 Å². The van der Waals surface area contributed by atoms with Crippen molar-refractivity contribution in [1.29, 1.82) is 0 Å². The molecule has 1 aliphatic heterocycles. The van der Waals surface area contributed by atoms with Gasteiger partial charge in [0.25, 0.3) is 0 Å². The molecule has 3 heterocycles. The highest BCUT2D eigenvalue weighted by molar-refractivity contribution is 8.00. The Morgan fingerprint density at radius 2 is 1.96 bits per heavy atom. The van der Waals surface area contributed by atoms with Crippen molar-refractivity contribution < 1.29 is 13.2 Å². The summed E-state index contributed by atoms with van der Waals surface area (Å²) in [5, 5.41) is 0.652. The summed E-state index contributed by atoms with van der Waals surface area (Å²) < 4.78 is 26.7. The molecule has 2 aromatic rings. The number of hydrogen-bond acceptors (Lipinski definition) is 6.